The van der Waals surface area contributed by atoms with Crippen LogP contribution < -0.4 is 5.32 Å². The van der Waals surface area contributed by atoms with Crippen molar-refractivity contribution in [3.05, 3.63) is 71.3 Å². The molecule has 1 aliphatic rings. The highest BCUT2D eigenvalue weighted by atomic mass is 16.5. The van der Waals surface area contributed by atoms with E-state index in [1.807, 2.05) is 18.2 Å². The van der Waals surface area contributed by atoms with E-state index in [1.165, 1.54) is 5.56 Å². The van der Waals surface area contributed by atoms with Crippen molar-refractivity contribution in [1.82, 2.24) is 5.32 Å². The van der Waals surface area contributed by atoms with E-state index in [1.54, 1.807) is 0 Å². The van der Waals surface area contributed by atoms with Gasteiger partial charge in [0.1, 0.15) is 5.54 Å². The fourth-order valence-corrected chi connectivity index (χ4v) is 3.13. The highest BCUT2D eigenvalue weighted by Gasteiger charge is 2.45. The number of ether oxygens (including phenoxy) is 1. The van der Waals surface area contributed by atoms with Crippen molar-refractivity contribution >= 4 is 6.02 Å². The molecule has 0 aliphatic carbocycles. The molecule has 23 heavy (non-hydrogen) atoms. The minimum atomic E-state index is -0.443. The third kappa shape index (κ3) is 2.83. The lowest BCUT2D eigenvalue weighted by molar-refractivity contribution is 0.153. The second-order valence-electron chi connectivity index (χ2n) is 7.39. The largest absolute Gasteiger partial charge is 0.454 e. The predicted octanol–water partition coefficient (Wildman–Crippen LogP) is 4.50. The maximum Gasteiger partial charge on any atom is 0.283 e. The predicted molar refractivity (Wildman–Crippen MR) is 93.6 cm³/mol. The number of hydrogen-bond acceptors (Lipinski definition) is 2. The van der Waals surface area contributed by atoms with E-state index < -0.39 is 5.54 Å². The average Bonchev–Trinajstić information content (AvgIpc) is 2.83. The van der Waals surface area contributed by atoms with Crippen LogP contribution in [0.4, 0.5) is 0 Å². The molecule has 0 saturated carbocycles. The van der Waals surface area contributed by atoms with Gasteiger partial charge >= 0.3 is 0 Å². The van der Waals surface area contributed by atoms with E-state index >= 15 is 0 Å². The first kappa shape index (κ1) is 15.6. The number of amidine groups is 1. The van der Waals surface area contributed by atoms with Crippen LogP contribution in [0.15, 0.2) is 54.6 Å². The minimum absolute atomic E-state index is 0.126. The second kappa shape index (κ2) is 5.41. The first-order valence-electron chi connectivity index (χ1n) is 8.00. The quantitative estimate of drug-likeness (QED) is 0.858. The lowest BCUT2D eigenvalue weighted by Crippen LogP contribution is -2.39. The van der Waals surface area contributed by atoms with E-state index in [0.29, 0.717) is 0 Å². The van der Waals surface area contributed by atoms with Crippen LogP contribution in [0, 0.1) is 5.41 Å². The number of hydrogen-bond donors (Lipinski definition) is 2. The Kier molecular flexibility index (Phi) is 3.67. The molecule has 1 aliphatic heterocycles. The Morgan fingerprint density at radius 2 is 1.61 bits per heavy atom. The number of rotatable bonds is 2. The molecule has 2 aromatic carbocycles. The molecule has 1 heterocycles. The molecule has 3 rings (SSSR count). The van der Waals surface area contributed by atoms with Crippen LogP contribution >= 0.6 is 0 Å². The van der Waals surface area contributed by atoms with Gasteiger partial charge in [-0.05, 0) is 29.0 Å². The molecular formula is C20H24N2O. The summed E-state index contributed by atoms with van der Waals surface area (Å²) in [6, 6.07) is 18.9. The summed E-state index contributed by atoms with van der Waals surface area (Å²) in [7, 11) is 0. The zero-order valence-electron chi connectivity index (χ0n) is 14.2. The van der Waals surface area contributed by atoms with Crippen LogP contribution in [0.2, 0.25) is 0 Å². The molecule has 3 nitrogen and oxygen atoms in total. The third-order valence-corrected chi connectivity index (χ3v) is 4.59. The lowest BCUT2D eigenvalue weighted by Gasteiger charge is -2.30. The average molecular weight is 308 g/mol. The van der Waals surface area contributed by atoms with Crippen molar-refractivity contribution in [2.24, 2.45) is 0 Å². The summed E-state index contributed by atoms with van der Waals surface area (Å²) in [5.74, 6) is 0. The van der Waals surface area contributed by atoms with E-state index in [2.05, 4.69) is 69.4 Å². The van der Waals surface area contributed by atoms with Crippen molar-refractivity contribution in [3.63, 3.8) is 0 Å². The maximum absolute atomic E-state index is 7.94. The Hall–Kier alpha value is -2.29. The first-order chi connectivity index (χ1) is 10.8. The molecule has 1 saturated heterocycles. The Morgan fingerprint density at radius 3 is 2.17 bits per heavy atom. The van der Waals surface area contributed by atoms with Crippen LogP contribution in [0.1, 0.15) is 50.5 Å². The first-order valence-corrected chi connectivity index (χ1v) is 8.00. The van der Waals surface area contributed by atoms with Gasteiger partial charge < -0.3 is 10.1 Å². The van der Waals surface area contributed by atoms with Gasteiger partial charge in [-0.1, -0.05) is 75.4 Å². The third-order valence-electron chi connectivity index (χ3n) is 4.59. The smallest absolute Gasteiger partial charge is 0.283 e. The summed E-state index contributed by atoms with van der Waals surface area (Å²) in [5.41, 5.74) is 3.18. The summed E-state index contributed by atoms with van der Waals surface area (Å²) in [4.78, 5) is 0. The summed E-state index contributed by atoms with van der Waals surface area (Å²) < 4.78 is 5.82. The molecule has 2 aromatic rings. The van der Waals surface area contributed by atoms with Gasteiger partial charge in [-0.15, -0.1) is 0 Å². The van der Waals surface area contributed by atoms with Gasteiger partial charge in [0, 0.05) is 0 Å². The zero-order chi connectivity index (χ0) is 16.7. The molecule has 0 spiro atoms. The van der Waals surface area contributed by atoms with Crippen LogP contribution in [0.5, 0.6) is 0 Å². The van der Waals surface area contributed by atoms with E-state index in [4.69, 9.17) is 10.1 Å². The molecular weight excluding hydrogens is 284 g/mol. The lowest BCUT2D eigenvalue weighted by atomic mass is 9.82. The SMILES string of the molecule is CC(C)(C)c1ccc([C@H]2OC(=N)N[C@]2(C)c2ccccc2)cc1. The van der Waals surface area contributed by atoms with Crippen LogP contribution in [-0.4, -0.2) is 6.02 Å². The Bertz CT molecular complexity index is 701. The van der Waals surface area contributed by atoms with Gasteiger partial charge in [-0.2, -0.15) is 0 Å². The normalized spacial score (nSPS) is 24.2. The summed E-state index contributed by atoms with van der Waals surface area (Å²) in [6.07, 6.45) is -0.216. The zero-order valence-corrected chi connectivity index (χ0v) is 14.2. The number of nitrogens with one attached hydrogen (secondary N) is 2. The van der Waals surface area contributed by atoms with Crippen molar-refractivity contribution in [3.8, 4) is 0 Å². The molecule has 0 bridgehead atoms. The van der Waals surface area contributed by atoms with E-state index in [0.717, 1.165) is 11.1 Å². The van der Waals surface area contributed by atoms with Gasteiger partial charge in [-0.3, -0.25) is 5.41 Å². The van der Waals surface area contributed by atoms with Crippen LogP contribution in [-0.2, 0) is 15.7 Å². The standard InChI is InChI=1S/C20H24N2O/c1-19(2,3)15-12-10-14(11-13-15)17-20(4,22-18(21)23-17)16-8-6-5-7-9-16/h5-13,17H,1-4H3,(H2,21,22)/t17-,20-/m1/s1. The highest BCUT2D eigenvalue weighted by molar-refractivity contribution is 5.74. The fraction of sp³-hybridized carbons (Fsp3) is 0.350. The molecule has 0 amide bonds. The highest BCUT2D eigenvalue weighted by Crippen LogP contribution is 2.42. The van der Waals surface area contributed by atoms with Gasteiger partial charge in [0.2, 0.25) is 0 Å². The molecule has 0 unspecified atom stereocenters. The van der Waals surface area contributed by atoms with E-state index in [-0.39, 0.29) is 17.5 Å². The molecule has 0 aromatic heterocycles. The molecule has 3 heteroatoms. The van der Waals surface area contributed by atoms with Crippen molar-refractivity contribution in [2.75, 3.05) is 0 Å². The molecule has 2 atom stereocenters. The maximum atomic E-state index is 7.94. The summed E-state index contributed by atoms with van der Waals surface area (Å²) >= 11 is 0. The Balaban J connectivity index is 1.99. The fourth-order valence-electron chi connectivity index (χ4n) is 3.13. The molecule has 1 fully saturated rings. The Morgan fingerprint density at radius 1 is 1.00 bits per heavy atom. The van der Waals surface area contributed by atoms with Gasteiger partial charge in [0.15, 0.2) is 6.10 Å². The van der Waals surface area contributed by atoms with E-state index in [9.17, 15) is 0 Å². The monoisotopic (exact) mass is 308 g/mol. The molecule has 2 N–H and O–H groups in total. The van der Waals surface area contributed by atoms with Crippen molar-refractivity contribution in [2.45, 2.75) is 44.8 Å². The van der Waals surface area contributed by atoms with Crippen LogP contribution in [0.3, 0.4) is 0 Å². The Labute approximate surface area is 138 Å². The van der Waals surface area contributed by atoms with Gasteiger partial charge in [0.05, 0.1) is 0 Å². The summed E-state index contributed by atoms with van der Waals surface area (Å²) in [6.45, 7) is 8.71. The van der Waals surface area contributed by atoms with Crippen LogP contribution in [0.25, 0.3) is 0 Å². The number of benzene rings is 2. The van der Waals surface area contributed by atoms with Crippen molar-refractivity contribution in [1.29, 1.82) is 5.41 Å². The van der Waals surface area contributed by atoms with Crippen molar-refractivity contribution < 1.29 is 4.74 Å². The molecule has 120 valence electrons. The van der Waals surface area contributed by atoms with Gasteiger partial charge in [-0.25, -0.2) is 0 Å². The topological polar surface area (TPSA) is 45.1 Å². The molecule has 0 radical (unpaired) electrons. The minimum Gasteiger partial charge on any atom is -0.454 e. The second-order valence-corrected chi connectivity index (χ2v) is 7.39. The summed E-state index contributed by atoms with van der Waals surface area (Å²) in [5, 5.41) is 11.1. The van der Waals surface area contributed by atoms with Gasteiger partial charge in [0.25, 0.3) is 6.02 Å².